The lowest BCUT2D eigenvalue weighted by Crippen LogP contribution is -2.38. The van der Waals surface area contributed by atoms with E-state index < -0.39 is 0 Å². The average molecular weight is 262 g/mol. The normalized spacial score (nSPS) is 15.5. The quantitative estimate of drug-likeness (QED) is 0.849. The summed E-state index contributed by atoms with van der Waals surface area (Å²) in [5, 5.41) is 0. The Morgan fingerprint density at radius 3 is 2.68 bits per heavy atom. The fraction of sp³-hybridized carbons (Fsp3) is 0.533. The Balaban J connectivity index is 2.25. The summed E-state index contributed by atoms with van der Waals surface area (Å²) >= 11 is 0. The van der Waals surface area contributed by atoms with E-state index in [9.17, 15) is 4.79 Å². The molecule has 0 radical (unpaired) electrons. The number of hydrogen-bond acceptors (Lipinski definition) is 3. The summed E-state index contributed by atoms with van der Waals surface area (Å²) < 4.78 is 5.17. The van der Waals surface area contributed by atoms with Crippen LogP contribution in [0.3, 0.4) is 0 Å². The van der Waals surface area contributed by atoms with Gasteiger partial charge in [-0.2, -0.15) is 0 Å². The van der Waals surface area contributed by atoms with Crippen LogP contribution < -0.4 is 10.5 Å². The molecule has 104 valence electrons. The second-order valence-electron chi connectivity index (χ2n) is 4.98. The predicted molar refractivity (Wildman–Crippen MR) is 76.4 cm³/mol. The van der Waals surface area contributed by atoms with Crippen LogP contribution in [0.15, 0.2) is 18.2 Å². The minimum Gasteiger partial charge on any atom is -0.497 e. The maximum Gasteiger partial charge on any atom is 0.256 e. The van der Waals surface area contributed by atoms with Gasteiger partial charge in [0, 0.05) is 18.3 Å². The molecule has 0 bridgehead atoms. The third-order valence-corrected chi connectivity index (χ3v) is 3.86. The van der Waals surface area contributed by atoms with Crippen molar-refractivity contribution in [2.45, 2.75) is 38.6 Å². The minimum atomic E-state index is 0.0193. The number of anilines is 1. The van der Waals surface area contributed by atoms with Gasteiger partial charge in [-0.05, 0) is 38.0 Å². The van der Waals surface area contributed by atoms with Crippen molar-refractivity contribution in [3.8, 4) is 5.75 Å². The molecule has 0 heterocycles. The van der Waals surface area contributed by atoms with Crippen LogP contribution in [-0.4, -0.2) is 30.5 Å². The Morgan fingerprint density at radius 1 is 1.42 bits per heavy atom. The van der Waals surface area contributed by atoms with E-state index in [1.54, 1.807) is 25.3 Å². The Kier molecular flexibility index (Phi) is 4.30. The third-order valence-electron chi connectivity index (χ3n) is 3.86. The van der Waals surface area contributed by atoms with E-state index in [-0.39, 0.29) is 5.91 Å². The van der Waals surface area contributed by atoms with Gasteiger partial charge >= 0.3 is 0 Å². The molecule has 0 aliphatic heterocycles. The second kappa shape index (κ2) is 5.95. The van der Waals surface area contributed by atoms with Crippen molar-refractivity contribution in [2.75, 3.05) is 19.4 Å². The van der Waals surface area contributed by atoms with Gasteiger partial charge in [0.05, 0.1) is 12.7 Å². The number of methoxy groups -OCH3 is 1. The lowest BCUT2D eigenvalue weighted by Gasteiger charge is -2.28. The van der Waals surface area contributed by atoms with Gasteiger partial charge in [-0.1, -0.05) is 12.8 Å². The number of nitrogens with two attached hydrogens (primary N) is 1. The molecule has 19 heavy (non-hydrogen) atoms. The summed E-state index contributed by atoms with van der Waals surface area (Å²) in [6, 6.07) is 5.60. The topological polar surface area (TPSA) is 55.6 Å². The molecule has 0 atom stereocenters. The summed E-state index contributed by atoms with van der Waals surface area (Å²) in [5.74, 6) is 0.686. The number of benzene rings is 1. The highest BCUT2D eigenvalue weighted by atomic mass is 16.5. The fourth-order valence-corrected chi connectivity index (χ4v) is 2.79. The summed E-state index contributed by atoms with van der Waals surface area (Å²) in [7, 11) is 1.59. The molecule has 1 aliphatic carbocycles. The predicted octanol–water partition coefficient (Wildman–Crippen LogP) is 2.68. The highest BCUT2D eigenvalue weighted by Gasteiger charge is 2.27. The smallest absolute Gasteiger partial charge is 0.256 e. The Bertz CT molecular complexity index is 453. The van der Waals surface area contributed by atoms with E-state index >= 15 is 0 Å². The van der Waals surface area contributed by atoms with Crippen molar-refractivity contribution in [3.05, 3.63) is 23.8 Å². The Hall–Kier alpha value is -1.71. The van der Waals surface area contributed by atoms with Gasteiger partial charge in [0.2, 0.25) is 0 Å². The van der Waals surface area contributed by atoms with E-state index in [1.807, 2.05) is 11.8 Å². The molecule has 1 fully saturated rings. The van der Waals surface area contributed by atoms with Crippen LogP contribution in [0.2, 0.25) is 0 Å². The zero-order valence-electron chi connectivity index (χ0n) is 11.7. The number of nitrogens with zero attached hydrogens (tertiary/aromatic N) is 1. The zero-order chi connectivity index (χ0) is 13.8. The number of amides is 1. The van der Waals surface area contributed by atoms with Gasteiger partial charge in [0.1, 0.15) is 5.75 Å². The molecule has 1 amide bonds. The van der Waals surface area contributed by atoms with Crippen LogP contribution in [0, 0.1) is 0 Å². The van der Waals surface area contributed by atoms with E-state index in [0.717, 1.165) is 19.4 Å². The van der Waals surface area contributed by atoms with Crippen molar-refractivity contribution in [2.24, 2.45) is 0 Å². The van der Waals surface area contributed by atoms with Gasteiger partial charge in [0.15, 0.2) is 0 Å². The van der Waals surface area contributed by atoms with Crippen molar-refractivity contribution in [1.29, 1.82) is 0 Å². The fourth-order valence-electron chi connectivity index (χ4n) is 2.79. The zero-order valence-corrected chi connectivity index (χ0v) is 11.7. The molecule has 1 aromatic carbocycles. The van der Waals surface area contributed by atoms with Crippen LogP contribution in [0.25, 0.3) is 0 Å². The van der Waals surface area contributed by atoms with E-state index in [2.05, 4.69) is 0 Å². The molecule has 0 saturated heterocycles. The number of nitrogen functional groups attached to an aromatic ring is 1. The summed E-state index contributed by atoms with van der Waals surface area (Å²) in [5.41, 5.74) is 7.00. The maximum absolute atomic E-state index is 12.6. The number of rotatable bonds is 4. The monoisotopic (exact) mass is 262 g/mol. The van der Waals surface area contributed by atoms with E-state index in [0.29, 0.717) is 23.0 Å². The second-order valence-corrected chi connectivity index (χ2v) is 4.98. The molecular formula is C15H22N2O2. The SMILES string of the molecule is CCN(C(=O)c1cc(OC)ccc1N)C1CCCC1. The van der Waals surface area contributed by atoms with Gasteiger partial charge in [-0.25, -0.2) is 0 Å². The van der Waals surface area contributed by atoms with Gasteiger partial charge in [0.25, 0.3) is 5.91 Å². The minimum absolute atomic E-state index is 0.0193. The molecular weight excluding hydrogens is 240 g/mol. The van der Waals surface area contributed by atoms with Crippen molar-refractivity contribution >= 4 is 11.6 Å². The number of hydrogen-bond donors (Lipinski definition) is 1. The average Bonchev–Trinajstić information content (AvgIpc) is 2.94. The van der Waals surface area contributed by atoms with Gasteiger partial charge in [-0.3, -0.25) is 4.79 Å². The van der Waals surface area contributed by atoms with Crippen LogP contribution in [0.4, 0.5) is 5.69 Å². The first-order valence-electron chi connectivity index (χ1n) is 6.91. The van der Waals surface area contributed by atoms with Crippen LogP contribution in [0.5, 0.6) is 5.75 Å². The lowest BCUT2D eigenvalue weighted by molar-refractivity contribution is 0.0694. The van der Waals surface area contributed by atoms with Crippen molar-refractivity contribution in [1.82, 2.24) is 4.90 Å². The first-order valence-corrected chi connectivity index (χ1v) is 6.91. The number of carbonyl (C=O) groups is 1. The standard InChI is InChI=1S/C15H22N2O2/c1-3-17(11-6-4-5-7-11)15(18)13-10-12(19-2)8-9-14(13)16/h8-11H,3-7,16H2,1-2H3. The van der Waals surface area contributed by atoms with E-state index in [1.165, 1.54) is 12.8 Å². The summed E-state index contributed by atoms with van der Waals surface area (Å²) in [6.07, 6.45) is 4.62. The van der Waals surface area contributed by atoms with Crippen LogP contribution in [0.1, 0.15) is 43.0 Å². The molecule has 0 spiro atoms. The molecule has 2 N–H and O–H groups in total. The number of ether oxygens (including phenoxy) is 1. The van der Waals surface area contributed by atoms with Crippen molar-refractivity contribution in [3.63, 3.8) is 0 Å². The lowest BCUT2D eigenvalue weighted by atomic mass is 10.1. The van der Waals surface area contributed by atoms with Gasteiger partial charge in [-0.15, -0.1) is 0 Å². The molecule has 1 saturated carbocycles. The summed E-state index contributed by atoms with van der Waals surface area (Å²) in [4.78, 5) is 14.6. The van der Waals surface area contributed by atoms with Crippen LogP contribution in [-0.2, 0) is 0 Å². The largest absolute Gasteiger partial charge is 0.497 e. The van der Waals surface area contributed by atoms with Crippen LogP contribution >= 0.6 is 0 Å². The Labute approximate surface area is 114 Å². The highest BCUT2D eigenvalue weighted by Crippen LogP contribution is 2.27. The first kappa shape index (κ1) is 13.7. The van der Waals surface area contributed by atoms with Gasteiger partial charge < -0.3 is 15.4 Å². The third kappa shape index (κ3) is 2.83. The molecule has 4 heteroatoms. The highest BCUT2D eigenvalue weighted by molar-refractivity contribution is 5.99. The Morgan fingerprint density at radius 2 is 2.11 bits per heavy atom. The molecule has 1 aliphatic rings. The molecule has 4 nitrogen and oxygen atoms in total. The summed E-state index contributed by atoms with van der Waals surface area (Å²) in [6.45, 7) is 2.74. The van der Waals surface area contributed by atoms with E-state index in [4.69, 9.17) is 10.5 Å². The molecule has 1 aromatic rings. The number of carbonyl (C=O) groups excluding carboxylic acids is 1. The molecule has 0 aromatic heterocycles. The van der Waals surface area contributed by atoms with Crippen molar-refractivity contribution < 1.29 is 9.53 Å². The first-order chi connectivity index (χ1) is 9.17. The maximum atomic E-state index is 12.6. The molecule has 2 rings (SSSR count). The molecule has 0 unspecified atom stereocenters.